The summed E-state index contributed by atoms with van der Waals surface area (Å²) in [5.41, 5.74) is 0.386. The quantitative estimate of drug-likeness (QED) is 0.836. The minimum atomic E-state index is -0.232. The van der Waals surface area contributed by atoms with E-state index in [0.29, 0.717) is 28.6 Å². The molecule has 0 saturated carbocycles. The van der Waals surface area contributed by atoms with Gasteiger partial charge in [-0.3, -0.25) is 4.79 Å². The van der Waals surface area contributed by atoms with Gasteiger partial charge in [0.1, 0.15) is 0 Å². The maximum absolute atomic E-state index is 11.7. The normalized spacial score (nSPS) is 12.2. The Morgan fingerprint density at radius 3 is 2.75 bits per heavy atom. The Hall–Kier alpha value is -0.440. The highest BCUT2D eigenvalue weighted by Gasteiger charge is 2.10. The topological polar surface area (TPSA) is 29.1 Å². The lowest BCUT2D eigenvalue weighted by Crippen LogP contribution is -2.26. The van der Waals surface area contributed by atoms with Crippen molar-refractivity contribution in [3.8, 4) is 0 Å². The fourth-order valence-corrected chi connectivity index (χ4v) is 1.64. The molecule has 0 fully saturated rings. The van der Waals surface area contributed by atoms with Gasteiger partial charge in [0.25, 0.3) is 5.91 Å². The second kappa shape index (κ2) is 6.33. The molecule has 0 aliphatic heterocycles. The van der Waals surface area contributed by atoms with Crippen LogP contribution >= 0.6 is 34.8 Å². The van der Waals surface area contributed by atoms with Crippen LogP contribution in [0.3, 0.4) is 0 Å². The van der Waals surface area contributed by atoms with E-state index in [4.69, 9.17) is 34.8 Å². The first-order chi connectivity index (χ1) is 7.50. The van der Waals surface area contributed by atoms with Gasteiger partial charge in [0.15, 0.2) is 0 Å². The molecule has 0 aromatic heterocycles. The maximum atomic E-state index is 11.7. The first-order valence-electron chi connectivity index (χ1n) is 4.88. The molecule has 88 valence electrons. The molecule has 0 heterocycles. The SMILES string of the molecule is CC(Cl)CCNC(=O)c1cc(Cl)ccc1Cl. The molecule has 2 nitrogen and oxygen atoms in total. The summed E-state index contributed by atoms with van der Waals surface area (Å²) in [6.45, 7) is 2.40. The van der Waals surface area contributed by atoms with Crippen LogP contribution in [-0.2, 0) is 0 Å². The molecule has 5 heteroatoms. The minimum Gasteiger partial charge on any atom is -0.352 e. The predicted molar refractivity (Wildman–Crippen MR) is 68.7 cm³/mol. The first-order valence-corrected chi connectivity index (χ1v) is 6.07. The first kappa shape index (κ1) is 13.6. The summed E-state index contributed by atoms with van der Waals surface area (Å²) in [4.78, 5) is 11.7. The van der Waals surface area contributed by atoms with E-state index < -0.39 is 0 Å². The summed E-state index contributed by atoms with van der Waals surface area (Å²) < 4.78 is 0. The Balaban J connectivity index is 2.62. The lowest BCUT2D eigenvalue weighted by Gasteiger charge is -2.07. The number of carbonyl (C=O) groups excluding carboxylic acids is 1. The van der Waals surface area contributed by atoms with Crippen LogP contribution in [0.2, 0.25) is 10.0 Å². The molecule has 0 radical (unpaired) electrons. The summed E-state index contributed by atoms with van der Waals surface area (Å²) >= 11 is 17.4. The Morgan fingerprint density at radius 1 is 1.44 bits per heavy atom. The Kier molecular flexibility index (Phi) is 5.39. The molecule has 1 aromatic carbocycles. The van der Waals surface area contributed by atoms with Crippen LogP contribution in [0, 0.1) is 0 Å². The zero-order valence-corrected chi connectivity index (χ0v) is 11.0. The highest BCUT2D eigenvalue weighted by atomic mass is 35.5. The predicted octanol–water partition coefficient (Wildman–Crippen LogP) is 3.74. The summed E-state index contributed by atoms with van der Waals surface area (Å²) in [6, 6.07) is 4.79. The number of amides is 1. The van der Waals surface area contributed by atoms with Crippen LogP contribution in [0.5, 0.6) is 0 Å². The molecular weight excluding hydrogens is 268 g/mol. The minimum absolute atomic E-state index is 0.0372. The van der Waals surface area contributed by atoms with Crippen LogP contribution in [0.25, 0.3) is 0 Å². The van der Waals surface area contributed by atoms with E-state index in [1.165, 1.54) is 0 Å². The Labute approximate surface area is 110 Å². The average molecular weight is 281 g/mol. The van der Waals surface area contributed by atoms with Crippen LogP contribution in [-0.4, -0.2) is 17.8 Å². The van der Waals surface area contributed by atoms with Crippen LogP contribution in [0.15, 0.2) is 18.2 Å². The third kappa shape index (κ3) is 4.20. The van der Waals surface area contributed by atoms with Crippen molar-refractivity contribution < 1.29 is 4.79 Å². The molecule has 1 aromatic rings. The zero-order valence-electron chi connectivity index (χ0n) is 8.77. The van der Waals surface area contributed by atoms with E-state index in [1.54, 1.807) is 18.2 Å². The lowest BCUT2D eigenvalue weighted by atomic mass is 10.2. The van der Waals surface area contributed by atoms with E-state index in [1.807, 2.05) is 6.92 Å². The van der Waals surface area contributed by atoms with Gasteiger partial charge in [-0.2, -0.15) is 0 Å². The fourth-order valence-electron chi connectivity index (χ4n) is 1.15. The standard InChI is InChI=1S/C11H12Cl3NO/c1-7(12)4-5-15-11(16)9-6-8(13)2-3-10(9)14/h2-3,6-7H,4-5H2,1H3,(H,15,16). The van der Waals surface area contributed by atoms with Crippen molar-refractivity contribution >= 4 is 40.7 Å². The van der Waals surface area contributed by atoms with E-state index in [-0.39, 0.29) is 11.3 Å². The van der Waals surface area contributed by atoms with Crippen molar-refractivity contribution in [2.45, 2.75) is 18.7 Å². The number of rotatable bonds is 4. The lowest BCUT2D eigenvalue weighted by molar-refractivity contribution is 0.0953. The zero-order chi connectivity index (χ0) is 12.1. The van der Waals surface area contributed by atoms with E-state index in [9.17, 15) is 4.79 Å². The van der Waals surface area contributed by atoms with Crippen LogP contribution in [0.4, 0.5) is 0 Å². The highest BCUT2D eigenvalue weighted by Crippen LogP contribution is 2.20. The van der Waals surface area contributed by atoms with Gasteiger partial charge in [-0.05, 0) is 31.5 Å². The largest absolute Gasteiger partial charge is 0.352 e. The van der Waals surface area contributed by atoms with E-state index in [0.717, 1.165) is 0 Å². The van der Waals surface area contributed by atoms with Crippen LogP contribution in [0.1, 0.15) is 23.7 Å². The number of nitrogens with one attached hydrogen (secondary N) is 1. The molecule has 1 N–H and O–H groups in total. The molecule has 0 aliphatic rings. The van der Waals surface area contributed by atoms with Gasteiger partial charge in [0.05, 0.1) is 10.6 Å². The molecule has 0 aliphatic carbocycles. The van der Waals surface area contributed by atoms with Gasteiger partial charge in [-0.1, -0.05) is 23.2 Å². The molecule has 16 heavy (non-hydrogen) atoms. The molecule has 0 spiro atoms. The molecular formula is C11H12Cl3NO. The van der Waals surface area contributed by atoms with Crippen molar-refractivity contribution in [1.82, 2.24) is 5.32 Å². The van der Waals surface area contributed by atoms with Gasteiger partial charge < -0.3 is 5.32 Å². The monoisotopic (exact) mass is 279 g/mol. The Bertz CT molecular complexity index is 379. The molecule has 1 unspecified atom stereocenters. The molecule has 0 saturated heterocycles. The maximum Gasteiger partial charge on any atom is 0.252 e. The van der Waals surface area contributed by atoms with Crippen molar-refractivity contribution in [1.29, 1.82) is 0 Å². The Morgan fingerprint density at radius 2 is 2.12 bits per heavy atom. The van der Waals surface area contributed by atoms with Gasteiger partial charge in [0, 0.05) is 16.9 Å². The number of benzene rings is 1. The van der Waals surface area contributed by atoms with Crippen molar-refractivity contribution in [3.05, 3.63) is 33.8 Å². The van der Waals surface area contributed by atoms with Gasteiger partial charge >= 0.3 is 0 Å². The molecule has 1 atom stereocenters. The van der Waals surface area contributed by atoms with Crippen LogP contribution < -0.4 is 5.32 Å². The number of alkyl halides is 1. The van der Waals surface area contributed by atoms with Crippen molar-refractivity contribution in [2.24, 2.45) is 0 Å². The van der Waals surface area contributed by atoms with Gasteiger partial charge in [0.2, 0.25) is 0 Å². The fraction of sp³-hybridized carbons (Fsp3) is 0.364. The van der Waals surface area contributed by atoms with Gasteiger partial charge in [-0.25, -0.2) is 0 Å². The summed E-state index contributed by atoms with van der Waals surface area (Å²) in [5.74, 6) is -0.232. The van der Waals surface area contributed by atoms with Crippen molar-refractivity contribution in [3.63, 3.8) is 0 Å². The smallest absolute Gasteiger partial charge is 0.252 e. The van der Waals surface area contributed by atoms with E-state index in [2.05, 4.69) is 5.32 Å². The summed E-state index contributed by atoms with van der Waals surface area (Å²) in [5, 5.41) is 3.65. The van der Waals surface area contributed by atoms with E-state index >= 15 is 0 Å². The molecule has 1 rings (SSSR count). The summed E-state index contributed by atoms with van der Waals surface area (Å²) in [7, 11) is 0. The number of carbonyl (C=O) groups is 1. The number of hydrogen-bond acceptors (Lipinski definition) is 1. The summed E-state index contributed by atoms with van der Waals surface area (Å²) in [6.07, 6.45) is 0.714. The van der Waals surface area contributed by atoms with Gasteiger partial charge in [-0.15, -0.1) is 11.6 Å². The third-order valence-electron chi connectivity index (χ3n) is 2.00. The average Bonchev–Trinajstić information content (AvgIpc) is 2.21. The number of hydrogen-bond donors (Lipinski definition) is 1. The number of halogens is 3. The molecule has 0 bridgehead atoms. The molecule has 1 amide bonds. The second-order valence-corrected chi connectivity index (χ2v) is 5.04. The van der Waals surface area contributed by atoms with Crippen molar-refractivity contribution in [2.75, 3.05) is 6.54 Å². The second-order valence-electron chi connectivity index (χ2n) is 3.45. The highest BCUT2D eigenvalue weighted by molar-refractivity contribution is 6.35. The third-order valence-corrected chi connectivity index (χ3v) is 2.78.